The molecule has 11 heavy (non-hydrogen) atoms. The fourth-order valence-electron chi connectivity index (χ4n) is 0.841. The van der Waals surface area contributed by atoms with Crippen LogP contribution in [0.15, 0.2) is 36.2 Å². The minimum Gasteiger partial charge on any atom is -0.207 e. The van der Waals surface area contributed by atoms with E-state index < -0.39 is 0 Å². The molecule has 0 aromatic rings. The summed E-state index contributed by atoms with van der Waals surface area (Å²) in [7, 11) is 0. The monoisotopic (exact) mass is 154 g/mol. The molecule has 0 heterocycles. The summed E-state index contributed by atoms with van der Waals surface area (Å²) in [5.41, 5.74) is 0.711. The molecule has 0 amide bonds. The van der Waals surface area contributed by atoms with Gasteiger partial charge in [0.25, 0.3) is 0 Å². The van der Waals surface area contributed by atoms with Crippen molar-refractivity contribution in [2.45, 2.75) is 20.8 Å². The first-order valence-electron chi connectivity index (χ1n) is 3.78. The van der Waals surface area contributed by atoms with Crippen LogP contribution in [0.2, 0.25) is 0 Å². The van der Waals surface area contributed by atoms with Gasteiger partial charge in [-0.2, -0.15) is 0 Å². The summed E-state index contributed by atoms with van der Waals surface area (Å²) in [4.78, 5) is 0. The molecule has 0 rings (SSSR count). The molecule has 0 fully saturated rings. The van der Waals surface area contributed by atoms with Gasteiger partial charge in [-0.15, -0.1) is 0 Å². The Bertz CT molecular complexity index is 185. The molecule has 62 valence electrons. The lowest BCUT2D eigenvalue weighted by Gasteiger charge is -2.07. The van der Waals surface area contributed by atoms with E-state index in [0.717, 1.165) is 0 Å². The third-order valence-corrected chi connectivity index (χ3v) is 1.45. The summed E-state index contributed by atoms with van der Waals surface area (Å²) in [5.74, 6) is 0.0594. The fourth-order valence-corrected chi connectivity index (χ4v) is 0.841. The zero-order chi connectivity index (χ0) is 8.85. The Hall–Kier alpha value is -0.850. The molecule has 1 heteroatoms. The lowest BCUT2D eigenvalue weighted by molar-refractivity contribution is 0.607. The normalized spacial score (nSPS) is 13.9. The highest BCUT2D eigenvalue weighted by atomic mass is 19.1. The molecule has 0 aliphatic heterocycles. The lowest BCUT2D eigenvalue weighted by Crippen LogP contribution is -1.93. The van der Waals surface area contributed by atoms with Gasteiger partial charge in [-0.3, -0.25) is 0 Å². The third-order valence-electron chi connectivity index (χ3n) is 1.45. The van der Waals surface area contributed by atoms with Crippen molar-refractivity contribution in [3.05, 3.63) is 36.2 Å². The second-order valence-electron chi connectivity index (χ2n) is 2.65. The molecule has 0 N–H and O–H groups in total. The van der Waals surface area contributed by atoms with Crippen LogP contribution in [0.1, 0.15) is 20.8 Å². The molecular formula is C10H15F. The molecule has 0 unspecified atom stereocenters. The van der Waals surface area contributed by atoms with Crippen molar-refractivity contribution in [1.82, 2.24) is 0 Å². The largest absolute Gasteiger partial charge is 0.207 e. The molecule has 0 aromatic heterocycles. The van der Waals surface area contributed by atoms with Gasteiger partial charge in [0.15, 0.2) is 0 Å². The van der Waals surface area contributed by atoms with Crippen LogP contribution in [-0.4, -0.2) is 0 Å². The van der Waals surface area contributed by atoms with E-state index in [-0.39, 0.29) is 11.7 Å². The minimum absolute atomic E-state index is 0.153. The van der Waals surface area contributed by atoms with Gasteiger partial charge in [0.05, 0.1) is 0 Å². The van der Waals surface area contributed by atoms with Crippen LogP contribution in [0, 0.1) is 5.92 Å². The van der Waals surface area contributed by atoms with Gasteiger partial charge in [-0.05, 0) is 18.4 Å². The number of hydrogen-bond acceptors (Lipinski definition) is 0. The van der Waals surface area contributed by atoms with E-state index in [2.05, 4.69) is 6.58 Å². The summed E-state index contributed by atoms with van der Waals surface area (Å²) in [6.45, 7) is 9.13. The summed E-state index contributed by atoms with van der Waals surface area (Å²) < 4.78 is 13.0. The number of hydrogen-bond donors (Lipinski definition) is 0. The highest BCUT2D eigenvalue weighted by Gasteiger charge is 2.05. The van der Waals surface area contributed by atoms with Crippen molar-refractivity contribution >= 4 is 0 Å². The van der Waals surface area contributed by atoms with Crippen LogP contribution in [0.5, 0.6) is 0 Å². The third kappa shape index (κ3) is 3.17. The Kier molecular flexibility index (Phi) is 4.51. The Morgan fingerprint density at radius 3 is 2.27 bits per heavy atom. The van der Waals surface area contributed by atoms with Crippen LogP contribution in [0.4, 0.5) is 4.39 Å². The van der Waals surface area contributed by atoms with Crippen molar-refractivity contribution < 1.29 is 4.39 Å². The number of rotatable bonds is 3. The molecule has 0 aliphatic rings. The molecule has 0 atom stereocenters. The highest BCUT2D eigenvalue weighted by molar-refractivity contribution is 5.29. The van der Waals surface area contributed by atoms with Crippen LogP contribution < -0.4 is 0 Å². The average molecular weight is 154 g/mol. The number of allylic oxidation sites excluding steroid dienone is 5. The molecular weight excluding hydrogens is 139 g/mol. The van der Waals surface area contributed by atoms with Gasteiger partial charge in [0.2, 0.25) is 0 Å². The molecule has 0 nitrogen and oxygen atoms in total. The van der Waals surface area contributed by atoms with E-state index in [9.17, 15) is 4.39 Å². The molecule has 0 radical (unpaired) electrons. The summed E-state index contributed by atoms with van der Waals surface area (Å²) in [6, 6.07) is 0. The van der Waals surface area contributed by atoms with Crippen molar-refractivity contribution in [2.24, 2.45) is 5.92 Å². The van der Waals surface area contributed by atoms with E-state index in [1.165, 1.54) is 6.08 Å². The number of halogens is 1. The molecule has 0 bridgehead atoms. The van der Waals surface area contributed by atoms with Crippen molar-refractivity contribution in [2.75, 3.05) is 0 Å². The van der Waals surface area contributed by atoms with E-state index >= 15 is 0 Å². The summed E-state index contributed by atoms with van der Waals surface area (Å²) in [5, 5.41) is 0. The van der Waals surface area contributed by atoms with E-state index in [1.54, 1.807) is 19.1 Å². The second-order valence-corrected chi connectivity index (χ2v) is 2.65. The maximum Gasteiger partial charge on any atom is 0.122 e. The van der Waals surface area contributed by atoms with Crippen LogP contribution in [0.3, 0.4) is 0 Å². The molecule has 0 aliphatic carbocycles. The van der Waals surface area contributed by atoms with Gasteiger partial charge < -0.3 is 0 Å². The topological polar surface area (TPSA) is 0 Å². The Balaban J connectivity index is 4.61. The first kappa shape index (κ1) is 10.2. The lowest BCUT2D eigenvalue weighted by atomic mass is 10.0. The van der Waals surface area contributed by atoms with Crippen molar-refractivity contribution in [3.63, 3.8) is 0 Å². The maximum atomic E-state index is 13.0. The molecule has 0 saturated heterocycles. The van der Waals surface area contributed by atoms with Crippen molar-refractivity contribution in [3.8, 4) is 0 Å². The second kappa shape index (κ2) is 4.89. The minimum atomic E-state index is -0.153. The van der Waals surface area contributed by atoms with Gasteiger partial charge in [0.1, 0.15) is 5.83 Å². The Morgan fingerprint density at radius 2 is 2.00 bits per heavy atom. The standard InChI is InChI=1S/C10H15F/c1-5-7-9(8(3)4)10(11)6-2/h5-8H,1H2,2-4H3/b9-7-,10-6+. The van der Waals surface area contributed by atoms with E-state index in [4.69, 9.17) is 0 Å². The first-order chi connectivity index (χ1) is 5.13. The summed E-state index contributed by atoms with van der Waals surface area (Å²) in [6.07, 6.45) is 4.79. The van der Waals surface area contributed by atoms with Gasteiger partial charge >= 0.3 is 0 Å². The quantitative estimate of drug-likeness (QED) is 0.544. The average Bonchev–Trinajstić information content (AvgIpc) is 1.98. The predicted octanol–water partition coefficient (Wildman–Crippen LogP) is 3.63. The summed E-state index contributed by atoms with van der Waals surface area (Å²) >= 11 is 0. The maximum absolute atomic E-state index is 13.0. The smallest absolute Gasteiger partial charge is 0.122 e. The van der Waals surface area contributed by atoms with Crippen LogP contribution >= 0.6 is 0 Å². The first-order valence-corrected chi connectivity index (χ1v) is 3.78. The van der Waals surface area contributed by atoms with Gasteiger partial charge in [0, 0.05) is 0 Å². The van der Waals surface area contributed by atoms with Crippen molar-refractivity contribution in [1.29, 1.82) is 0 Å². The molecule has 0 aromatic carbocycles. The Morgan fingerprint density at radius 1 is 1.45 bits per heavy atom. The molecule has 0 spiro atoms. The van der Waals surface area contributed by atoms with E-state index in [0.29, 0.717) is 5.57 Å². The van der Waals surface area contributed by atoms with E-state index in [1.807, 2.05) is 13.8 Å². The zero-order valence-electron chi connectivity index (χ0n) is 7.39. The van der Waals surface area contributed by atoms with Crippen LogP contribution in [-0.2, 0) is 0 Å². The SMILES string of the molecule is C=C/C=C(\C(F)=C/C)C(C)C. The van der Waals surface area contributed by atoms with Gasteiger partial charge in [-0.1, -0.05) is 38.7 Å². The zero-order valence-corrected chi connectivity index (χ0v) is 7.39. The highest BCUT2D eigenvalue weighted by Crippen LogP contribution is 2.20. The molecule has 0 saturated carbocycles. The predicted molar refractivity (Wildman–Crippen MR) is 48.0 cm³/mol. The van der Waals surface area contributed by atoms with Crippen LogP contribution in [0.25, 0.3) is 0 Å². The van der Waals surface area contributed by atoms with Gasteiger partial charge in [-0.25, -0.2) is 4.39 Å². The fraction of sp³-hybridized carbons (Fsp3) is 0.400. The Labute approximate surface area is 68.1 Å².